The topological polar surface area (TPSA) is 78.9 Å². The number of hydrogen-bond acceptors (Lipinski definition) is 5. The van der Waals surface area contributed by atoms with Crippen molar-refractivity contribution < 1.29 is 17.9 Å². The summed E-state index contributed by atoms with van der Waals surface area (Å²) in [7, 11) is -3.67. The van der Waals surface area contributed by atoms with Gasteiger partial charge in [-0.2, -0.15) is 4.31 Å². The monoisotopic (exact) mass is 569 g/mol. The summed E-state index contributed by atoms with van der Waals surface area (Å²) >= 11 is 0. The Morgan fingerprint density at radius 3 is 1.95 bits per heavy atom. The molecule has 0 unspecified atom stereocenters. The van der Waals surface area contributed by atoms with E-state index in [0.29, 0.717) is 37.6 Å². The number of benzene rings is 4. The van der Waals surface area contributed by atoms with Gasteiger partial charge in [-0.05, 0) is 66.4 Å². The third-order valence-electron chi connectivity index (χ3n) is 7.56. The van der Waals surface area contributed by atoms with Crippen LogP contribution in [0, 0.1) is 13.8 Å². The number of anilines is 1. The first-order valence-electron chi connectivity index (χ1n) is 13.8. The van der Waals surface area contributed by atoms with Crippen LogP contribution in [0.25, 0.3) is 0 Å². The molecule has 0 spiro atoms. The zero-order valence-corrected chi connectivity index (χ0v) is 24.2. The Morgan fingerprint density at radius 1 is 0.780 bits per heavy atom. The van der Waals surface area contributed by atoms with Crippen LogP contribution in [0.15, 0.2) is 108 Å². The largest absolute Gasteiger partial charge is 0.483 e. The van der Waals surface area contributed by atoms with Crippen molar-refractivity contribution in [2.75, 3.05) is 38.1 Å². The van der Waals surface area contributed by atoms with E-state index in [9.17, 15) is 13.2 Å². The molecule has 5 rings (SSSR count). The predicted molar refractivity (Wildman–Crippen MR) is 162 cm³/mol. The highest BCUT2D eigenvalue weighted by molar-refractivity contribution is 7.89. The third-order valence-corrected chi connectivity index (χ3v) is 9.47. The van der Waals surface area contributed by atoms with Gasteiger partial charge in [0.05, 0.1) is 10.9 Å². The van der Waals surface area contributed by atoms with Gasteiger partial charge in [0.15, 0.2) is 6.61 Å². The van der Waals surface area contributed by atoms with Gasteiger partial charge in [-0.1, -0.05) is 72.8 Å². The van der Waals surface area contributed by atoms with Gasteiger partial charge in [-0.25, -0.2) is 8.42 Å². The second-order valence-electron chi connectivity index (χ2n) is 10.2. The van der Waals surface area contributed by atoms with Gasteiger partial charge in [0.1, 0.15) is 5.75 Å². The second-order valence-corrected chi connectivity index (χ2v) is 12.2. The lowest BCUT2D eigenvalue weighted by Gasteiger charge is -2.39. The zero-order valence-electron chi connectivity index (χ0n) is 23.4. The standard InChI is InChI=1S/C33H35N3O4S/c1-25-10-9-15-31(26(25)2)40-24-32(37)34-29-16-18-30(19-17-29)41(38,39)36-22-20-35(21-23-36)33(27-11-5-3-6-12-27)28-13-7-4-8-14-28/h3-19,33H,20-24H2,1-2H3,(H,34,37). The Morgan fingerprint density at radius 2 is 1.37 bits per heavy atom. The lowest BCUT2D eigenvalue weighted by atomic mass is 9.96. The van der Waals surface area contributed by atoms with E-state index in [0.717, 1.165) is 11.1 Å². The van der Waals surface area contributed by atoms with E-state index in [-0.39, 0.29) is 23.5 Å². The van der Waals surface area contributed by atoms with Crippen LogP contribution in [0.4, 0.5) is 5.69 Å². The van der Waals surface area contributed by atoms with Crippen molar-refractivity contribution in [3.05, 3.63) is 125 Å². The predicted octanol–water partition coefficient (Wildman–Crippen LogP) is 5.42. The van der Waals surface area contributed by atoms with Crippen molar-refractivity contribution >= 4 is 21.6 Å². The minimum atomic E-state index is -3.67. The van der Waals surface area contributed by atoms with Crippen LogP contribution < -0.4 is 10.1 Å². The minimum absolute atomic E-state index is 0.0592. The molecule has 41 heavy (non-hydrogen) atoms. The number of carbonyl (C=O) groups excluding carboxylic acids is 1. The fourth-order valence-electron chi connectivity index (χ4n) is 5.17. The number of rotatable bonds is 9. The Labute approximate surface area is 242 Å². The summed E-state index contributed by atoms with van der Waals surface area (Å²) in [5, 5.41) is 2.77. The van der Waals surface area contributed by atoms with Crippen LogP contribution in [-0.4, -0.2) is 56.3 Å². The summed E-state index contributed by atoms with van der Waals surface area (Å²) in [6.07, 6.45) is 0. The maximum absolute atomic E-state index is 13.5. The van der Waals surface area contributed by atoms with Crippen LogP contribution in [0.2, 0.25) is 0 Å². The molecule has 7 nitrogen and oxygen atoms in total. The van der Waals surface area contributed by atoms with Gasteiger partial charge < -0.3 is 10.1 Å². The molecule has 1 amide bonds. The molecule has 8 heteroatoms. The number of nitrogens with one attached hydrogen (secondary N) is 1. The van der Waals surface area contributed by atoms with E-state index in [2.05, 4.69) is 34.5 Å². The van der Waals surface area contributed by atoms with E-state index in [1.165, 1.54) is 11.1 Å². The molecule has 0 aliphatic carbocycles. The summed E-state index contributed by atoms with van der Waals surface area (Å²) < 4.78 is 34.1. The van der Waals surface area contributed by atoms with E-state index in [1.807, 2.05) is 68.4 Å². The first-order chi connectivity index (χ1) is 19.8. The molecule has 0 atom stereocenters. The smallest absolute Gasteiger partial charge is 0.262 e. The highest BCUT2D eigenvalue weighted by Gasteiger charge is 2.32. The minimum Gasteiger partial charge on any atom is -0.483 e. The molecule has 4 aromatic carbocycles. The number of aryl methyl sites for hydroxylation is 1. The number of ether oxygens (including phenoxy) is 1. The lowest BCUT2D eigenvalue weighted by Crippen LogP contribution is -2.49. The van der Waals surface area contributed by atoms with Gasteiger partial charge in [0.25, 0.3) is 5.91 Å². The number of amides is 1. The summed E-state index contributed by atoms with van der Waals surface area (Å²) in [6, 6.07) is 32.7. The van der Waals surface area contributed by atoms with E-state index < -0.39 is 10.0 Å². The Bertz CT molecular complexity index is 1530. The van der Waals surface area contributed by atoms with Gasteiger partial charge in [0.2, 0.25) is 10.0 Å². The highest BCUT2D eigenvalue weighted by atomic mass is 32.2. The number of hydrogen-bond donors (Lipinski definition) is 1. The molecule has 1 fully saturated rings. The van der Waals surface area contributed by atoms with Crippen molar-refractivity contribution in [1.29, 1.82) is 0 Å². The molecular formula is C33H35N3O4S. The van der Waals surface area contributed by atoms with Gasteiger partial charge in [0, 0.05) is 31.9 Å². The van der Waals surface area contributed by atoms with Crippen molar-refractivity contribution in [1.82, 2.24) is 9.21 Å². The van der Waals surface area contributed by atoms with E-state index in [4.69, 9.17) is 4.74 Å². The first-order valence-corrected chi connectivity index (χ1v) is 15.2. The zero-order chi connectivity index (χ0) is 28.8. The van der Waals surface area contributed by atoms with Gasteiger partial charge in [-0.15, -0.1) is 0 Å². The van der Waals surface area contributed by atoms with Crippen LogP contribution >= 0.6 is 0 Å². The number of carbonyl (C=O) groups is 1. The maximum atomic E-state index is 13.5. The van der Waals surface area contributed by atoms with Crippen LogP contribution in [0.5, 0.6) is 5.75 Å². The Hall–Kier alpha value is -3.98. The van der Waals surface area contributed by atoms with Crippen LogP contribution in [0.3, 0.4) is 0 Å². The van der Waals surface area contributed by atoms with Crippen molar-refractivity contribution in [3.8, 4) is 5.75 Å². The van der Waals surface area contributed by atoms with E-state index >= 15 is 0 Å². The number of sulfonamides is 1. The molecule has 1 aliphatic heterocycles. The molecule has 212 valence electrons. The fraction of sp³-hybridized carbons (Fsp3) is 0.242. The van der Waals surface area contributed by atoms with Gasteiger partial charge in [-0.3, -0.25) is 9.69 Å². The molecule has 0 bridgehead atoms. The maximum Gasteiger partial charge on any atom is 0.262 e. The molecule has 1 N–H and O–H groups in total. The summed E-state index contributed by atoms with van der Waals surface area (Å²) in [4.78, 5) is 15.0. The Balaban J connectivity index is 1.20. The van der Waals surface area contributed by atoms with Crippen molar-refractivity contribution in [2.24, 2.45) is 0 Å². The molecule has 0 aromatic heterocycles. The summed E-state index contributed by atoms with van der Waals surface area (Å²) in [5.41, 5.74) is 4.97. The van der Waals surface area contributed by atoms with Gasteiger partial charge >= 0.3 is 0 Å². The molecule has 1 heterocycles. The second kappa shape index (κ2) is 12.7. The van der Waals surface area contributed by atoms with Crippen molar-refractivity contribution in [2.45, 2.75) is 24.8 Å². The average Bonchev–Trinajstić information content (AvgIpc) is 3.00. The number of piperazine rings is 1. The van der Waals surface area contributed by atoms with E-state index in [1.54, 1.807) is 28.6 Å². The molecule has 0 saturated carbocycles. The molecular weight excluding hydrogens is 534 g/mol. The fourth-order valence-corrected chi connectivity index (χ4v) is 6.59. The lowest BCUT2D eigenvalue weighted by molar-refractivity contribution is -0.118. The third kappa shape index (κ3) is 6.68. The summed E-state index contributed by atoms with van der Waals surface area (Å²) in [5.74, 6) is 0.351. The van der Waals surface area contributed by atoms with Crippen molar-refractivity contribution in [3.63, 3.8) is 0 Å². The first kappa shape index (κ1) is 28.5. The normalized spacial score (nSPS) is 14.6. The van der Waals surface area contributed by atoms with Crippen LogP contribution in [0.1, 0.15) is 28.3 Å². The quantitative estimate of drug-likeness (QED) is 0.291. The summed E-state index contributed by atoms with van der Waals surface area (Å²) in [6.45, 7) is 5.82. The van der Waals surface area contributed by atoms with Crippen LogP contribution in [-0.2, 0) is 14.8 Å². The number of nitrogens with zero attached hydrogens (tertiary/aromatic N) is 2. The Kier molecular flexibility index (Phi) is 8.83. The highest BCUT2D eigenvalue weighted by Crippen LogP contribution is 2.30. The molecule has 1 saturated heterocycles. The molecule has 1 aliphatic rings. The molecule has 0 radical (unpaired) electrons. The molecule has 4 aromatic rings. The SMILES string of the molecule is Cc1cccc(OCC(=O)Nc2ccc(S(=O)(=O)N3CCN(C(c4ccccc4)c4ccccc4)CC3)cc2)c1C. The average molecular weight is 570 g/mol.